The van der Waals surface area contributed by atoms with Crippen LogP contribution in [0.3, 0.4) is 0 Å². The first-order valence-corrected chi connectivity index (χ1v) is 9.47. The highest BCUT2D eigenvalue weighted by Gasteiger charge is 2.40. The molecule has 8 heteroatoms. The van der Waals surface area contributed by atoms with E-state index in [1.165, 1.54) is 24.3 Å². The zero-order chi connectivity index (χ0) is 20.4. The van der Waals surface area contributed by atoms with Gasteiger partial charge in [-0.25, -0.2) is 4.39 Å². The molecule has 2 amide bonds. The first kappa shape index (κ1) is 20.0. The highest BCUT2D eigenvalue weighted by Crippen LogP contribution is 2.23. The summed E-state index contributed by atoms with van der Waals surface area (Å²) in [5, 5.41) is 6.81. The van der Waals surface area contributed by atoms with E-state index in [9.17, 15) is 14.0 Å². The normalized spacial score (nSPS) is 20.0. The van der Waals surface area contributed by atoms with Gasteiger partial charge in [-0.2, -0.15) is 4.98 Å². The van der Waals surface area contributed by atoms with E-state index in [0.717, 1.165) is 0 Å². The Hall–Kier alpha value is -2.77. The third-order valence-electron chi connectivity index (χ3n) is 4.87. The lowest BCUT2D eigenvalue weighted by Crippen LogP contribution is -2.63. The van der Waals surface area contributed by atoms with E-state index in [-0.39, 0.29) is 41.3 Å². The van der Waals surface area contributed by atoms with Crippen molar-refractivity contribution < 1.29 is 18.5 Å². The van der Waals surface area contributed by atoms with Gasteiger partial charge in [-0.3, -0.25) is 9.59 Å². The van der Waals surface area contributed by atoms with E-state index in [1.54, 1.807) is 4.90 Å². The largest absolute Gasteiger partial charge is 0.350 e. The zero-order valence-electron chi connectivity index (χ0n) is 16.5. The van der Waals surface area contributed by atoms with Gasteiger partial charge in [0.15, 0.2) is 0 Å². The number of piperazine rings is 1. The summed E-state index contributed by atoms with van der Waals surface area (Å²) in [6.45, 7) is 8.39. The Morgan fingerprint density at radius 1 is 1.29 bits per heavy atom. The Morgan fingerprint density at radius 3 is 2.57 bits per heavy atom. The van der Waals surface area contributed by atoms with Crippen molar-refractivity contribution in [3.63, 3.8) is 0 Å². The molecule has 1 aliphatic heterocycles. The number of nitrogens with one attached hydrogen (secondary N) is 1. The molecule has 1 saturated heterocycles. The van der Waals surface area contributed by atoms with Gasteiger partial charge in [-0.1, -0.05) is 32.9 Å². The van der Waals surface area contributed by atoms with E-state index in [4.69, 9.17) is 4.52 Å². The molecule has 3 rings (SSSR count). The molecule has 0 aliphatic carbocycles. The molecular weight excluding hydrogens is 363 g/mol. The average Bonchev–Trinajstić information content (AvgIpc) is 3.13. The second-order valence-corrected chi connectivity index (χ2v) is 7.89. The second-order valence-electron chi connectivity index (χ2n) is 7.89. The summed E-state index contributed by atoms with van der Waals surface area (Å²) in [7, 11) is 0. The molecule has 0 spiro atoms. The lowest BCUT2D eigenvalue weighted by atomic mass is 9.94. The van der Waals surface area contributed by atoms with E-state index >= 15 is 0 Å². The first-order chi connectivity index (χ1) is 13.3. The molecule has 7 nitrogen and oxygen atoms in total. The van der Waals surface area contributed by atoms with Crippen molar-refractivity contribution in [1.29, 1.82) is 0 Å². The summed E-state index contributed by atoms with van der Waals surface area (Å²) in [6.07, 6.45) is 0.547. The summed E-state index contributed by atoms with van der Waals surface area (Å²) in [5.74, 6) is -0.537. The van der Waals surface area contributed by atoms with Crippen molar-refractivity contribution in [2.75, 3.05) is 6.54 Å². The number of rotatable bonds is 5. The van der Waals surface area contributed by atoms with Crippen LogP contribution < -0.4 is 5.32 Å². The van der Waals surface area contributed by atoms with Gasteiger partial charge >= 0.3 is 0 Å². The lowest BCUT2D eigenvalue weighted by molar-refractivity contribution is -0.130. The van der Waals surface area contributed by atoms with Gasteiger partial charge in [-0.15, -0.1) is 0 Å². The summed E-state index contributed by atoms with van der Waals surface area (Å²) in [6, 6.07) is 4.85. The molecule has 2 atom stereocenters. The Morgan fingerprint density at radius 2 is 1.96 bits per heavy atom. The van der Waals surface area contributed by atoms with Crippen LogP contribution >= 0.6 is 0 Å². The standard InChI is InChI=1S/C20H25FN4O3/c1-11(2)9-16-18(26)22-15(12(3)4)10-25(16)20(27)17-23-19(28-24-17)13-5-7-14(21)8-6-13/h5-8,11-12,15-16H,9-10H2,1-4H3,(H,22,26). The van der Waals surface area contributed by atoms with Crippen molar-refractivity contribution in [3.8, 4) is 11.5 Å². The molecule has 0 radical (unpaired) electrons. The van der Waals surface area contributed by atoms with Gasteiger partial charge in [0.25, 0.3) is 17.6 Å². The van der Waals surface area contributed by atoms with E-state index in [2.05, 4.69) is 15.5 Å². The zero-order valence-corrected chi connectivity index (χ0v) is 16.5. The number of benzene rings is 1. The SMILES string of the molecule is CC(C)CC1C(=O)NC(C(C)C)CN1C(=O)c1noc(-c2ccc(F)cc2)n1. The fraction of sp³-hybridized carbons (Fsp3) is 0.500. The molecule has 1 N–H and O–H groups in total. The average molecular weight is 388 g/mol. The van der Waals surface area contributed by atoms with Crippen molar-refractivity contribution in [2.45, 2.75) is 46.2 Å². The number of hydrogen-bond acceptors (Lipinski definition) is 5. The minimum absolute atomic E-state index is 0.106. The maximum Gasteiger partial charge on any atom is 0.296 e. The van der Waals surface area contributed by atoms with Crippen molar-refractivity contribution in [1.82, 2.24) is 20.4 Å². The van der Waals surface area contributed by atoms with Gasteiger partial charge in [0.05, 0.1) is 0 Å². The van der Waals surface area contributed by atoms with Crippen LogP contribution in [0.1, 0.15) is 44.7 Å². The molecule has 150 valence electrons. The summed E-state index contributed by atoms with van der Waals surface area (Å²) in [4.78, 5) is 31.5. The van der Waals surface area contributed by atoms with Crippen LogP contribution in [-0.2, 0) is 4.79 Å². The number of carbonyl (C=O) groups excluding carboxylic acids is 2. The predicted molar refractivity (Wildman–Crippen MR) is 101 cm³/mol. The minimum Gasteiger partial charge on any atom is -0.350 e. The number of aromatic nitrogens is 2. The summed E-state index contributed by atoms with van der Waals surface area (Å²) >= 11 is 0. The summed E-state index contributed by atoms with van der Waals surface area (Å²) in [5.41, 5.74) is 0.517. The molecule has 1 aromatic heterocycles. The fourth-order valence-electron chi connectivity index (χ4n) is 3.24. The lowest BCUT2D eigenvalue weighted by Gasteiger charge is -2.41. The maximum absolute atomic E-state index is 13.1. The van der Waals surface area contributed by atoms with Crippen LogP contribution in [0.15, 0.2) is 28.8 Å². The van der Waals surface area contributed by atoms with Crippen molar-refractivity contribution in [3.05, 3.63) is 35.9 Å². The monoisotopic (exact) mass is 388 g/mol. The van der Waals surface area contributed by atoms with E-state index < -0.39 is 11.9 Å². The minimum atomic E-state index is -0.574. The molecule has 0 bridgehead atoms. The van der Waals surface area contributed by atoms with Crippen LogP contribution in [0.5, 0.6) is 0 Å². The molecule has 1 aromatic carbocycles. The number of hydrogen-bond donors (Lipinski definition) is 1. The smallest absolute Gasteiger partial charge is 0.296 e. The maximum atomic E-state index is 13.1. The highest BCUT2D eigenvalue weighted by molar-refractivity contribution is 5.96. The van der Waals surface area contributed by atoms with Crippen LogP contribution in [0.2, 0.25) is 0 Å². The van der Waals surface area contributed by atoms with Gasteiger partial charge in [0.2, 0.25) is 5.91 Å². The number of carbonyl (C=O) groups is 2. The van der Waals surface area contributed by atoms with Gasteiger partial charge < -0.3 is 14.7 Å². The Balaban J connectivity index is 1.87. The molecule has 0 saturated carbocycles. The van der Waals surface area contributed by atoms with Gasteiger partial charge in [0, 0.05) is 18.2 Å². The van der Waals surface area contributed by atoms with Gasteiger partial charge in [0.1, 0.15) is 11.9 Å². The topological polar surface area (TPSA) is 88.3 Å². The quantitative estimate of drug-likeness (QED) is 0.851. The predicted octanol–water partition coefficient (Wildman–Crippen LogP) is 2.89. The Bertz CT molecular complexity index is 847. The molecule has 2 heterocycles. The Labute approximate surface area is 163 Å². The van der Waals surface area contributed by atoms with E-state index in [1.807, 2.05) is 27.7 Å². The molecule has 2 unspecified atom stereocenters. The third-order valence-corrected chi connectivity index (χ3v) is 4.87. The third kappa shape index (κ3) is 4.21. The van der Waals surface area contributed by atoms with Crippen LogP contribution in [0.25, 0.3) is 11.5 Å². The van der Waals surface area contributed by atoms with Crippen LogP contribution in [-0.4, -0.2) is 45.5 Å². The number of nitrogens with zero attached hydrogens (tertiary/aromatic N) is 3. The molecule has 1 aliphatic rings. The summed E-state index contributed by atoms with van der Waals surface area (Å²) < 4.78 is 18.3. The van der Waals surface area contributed by atoms with Crippen molar-refractivity contribution >= 4 is 11.8 Å². The highest BCUT2D eigenvalue weighted by atomic mass is 19.1. The molecule has 1 fully saturated rings. The van der Waals surface area contributed by atoms with E-state index in [0.29, 0.717) is 18.5 Å². The van der Waals surface area contributed by atoms with Crippen LogP contribution in [0.4, 0.5) is 4.39 Å². The molecule has 28 heavy (non-hydrogen) atoms. The number of halogens is 1. The Kier molecular flexibility index (Phi) is 5.76. The number of amides is 2. The van der Waals surface area contributed by atoms with Gasteiger partial charge in [-0.05, 0) is 42.5 Å². The fourth-order valence-corrected chi connectivity index (χ4v) is 3.24. The van der Waals surface area contributed by atoms with Crippen molar-refractivity contribution in [2.24, 2.45) is 11.8 Å². The molecule has 2 aromatic rings. The van der Waals surface area contributed by atoms with Crippen LogP contribution in [0, 0.1) is 17.7 Å². The first-order valence-electron chi connectivity index (χ1n) is 9.47. The second kappa shape index (κ2) is 8.08. The molecular formula is C20H25FN4O3.